The molecule has 1 aromatic heterocycles. The highest BCUT2D eigenvalue weighted by molar-refractivity contribution is 7.14. The minimum absolute atomic E-state index is 0. The van der Waals surface area contributed by atoms with Crippen LogP contribution in [0.4, 0.5) is 0 Å². The first-order chi connectivity index (χ1) is 6.75. The first-order valence-corrected chi connectivity index (χ1v) is 6.19. The molecule has 5 heteroatoms. The van der Waals surface area contributed by atoms with Crippen molar-refractivity contribution in [2.24, 2.45) is 0 Å². The van der Waals surface area contributed by atoms with Gasteiger partial charge in [0.05, 0.1) is 4.34 Å². The normalized spacial score (nSPS) is 22.4. The smallest absolute Gasteiger partial charge is 0.0973 e. The van der Waals surface area contributed by atoms with E-state index >= 15 is 0 Å². The Morgan fingerprint density at radius 3 is 3.07 bits per heavy atom. The highest BCUT2D eigenvalue weighted by Gasteiger charge is 2.16. The van der Waals surface area contributed by atoms with Gasteiger partial charge in [0, 0.05) is 32.2 Å². The first-order valence-electron chi connectivity index (χ1n) is 4.93. The van der Waals surface area contributed by atoms with Crippen LogP contribution in [-0.4, -0.2) is 30.6 Å². The molecule has 1 atom stereocenters. The summed E-state index contributed by atoms with van der Waals surface area (Å²) in [5.41, 5.74) is 1.27. The molecule has 1 aliphatic rings. The molecular weight excluding hydrogens is 251 g/mol. The van der Waals surface area contributed by atoms with Gasteiger partial charge in [-0.1, -0.05) is 11.6 Å². The lowest BCUT2D eigenvalue weighted by Crippen LogP contribution is -2.48. The molecule has 15 heavy (non-hydrogen) atoms. The molecule has 1 aliphatic heterocycles. The third-order valence-electron chi connectivity index (χ3n) is 2.54. The Morgan fingerprint density at radius 1 is 1.67 bits per heavy atom. The van der Waals surface area contributed by atoms with Crippen LogP contribution in [-0.2, 0) is 6.54 Å². The van der Waals surface area contributed by atoms with Gasteiger partial charge in [-0.2, -0.15) is 0 Å². The summed E-state index contributed by atoms with van der Waals surface area (Å²) >= 11 is 7.69. The molecular formula is C10H16Cl2N2S. The van der Waals surface area contributed by atoms with E-state index in [1.807, 2.05) is 0 Å². The van der Waals surface area contributed by atoms with Gasteiger partial charge in [-0.05, 0) is 23.9 Å². The van der Waals surface area contributed by atoms with E-state index in [0.717, 1.165) is 30.5 Å². The van der Waals surface area contributed by atoms with Crippen molar-refractivity contribution in [1.82, 2.24) is 10.2 Å². The monoisotopic (exact) mass is 266 g/mol. The standard InChI is InChI=1S/C10H15ClN2S.ClH/c1-8-6-13(4-3-12-8)7-9-2-5-14-10(9)11;/h2,5,8,12H,3-4,6-7H2,1H3;1H. The highest BCUT2D eigenvalue weighted by Crippen LogP contribution is 2.24. The van der Waals surface area contributed by atoms with Crippen LogP contribution in [0.15, 0.2) is 11.4 Å². The fourth-order valence-electron chi connectivity index (χ4n) is 1.83. The van der Waals surface area contributed by atoms with Crippen LogP contribution in [0.1, 0.15) is 12.5 Å². The van der Waals surface area contributed by atoms with Crippen LogP contribution < -0.4 is 5.32 Å². The number of nitrogens with one attached hydrogen (secondary N) is 1. The number of thiophene rings is 1. The Morgan fingerprint density at radius 2 is 2.47 bits per heavy atom. The predicted molar refractivity (Wildman–Crippen MR) is 69.3 cm³/mol. The van der Waals surface area contributed by atoms with Crippen LogP contribution in [0.5, 0.6) is 0 Å². The lowest BCUT2D eigenvalue weighted by atomic mass is 10.2. The van der Waals surface area contributed by atoms with Crippen molar-refractivity contribution in [2.45, 2.75) is 19.5 Å². The van der Waals surface area contributed by atoms with Gasteiger partial charge in [0.2, 0.25) is 0 Å². The van der Waals surface area contributed by atoms with E-state index in [-0.39, 0.29) is 12.4 Å². The summed E-state index contributed by atoms with van der Waals surface area (Å²) in [5, 5.41) is 5.49. The summed E-state index contributed by atoms with van der Waals surface area (Å²) in [5.74, 6) is 0. The Bertz CT molecular complexity index is 303. The minimum atomic E-state index is 0. The third kappa shape index (κ3) is 3.61. The maximum Gasteiger partial charge on any atom is 0.0973 e. The molecule has 1 unspecified atom stereocenters. The fourth-order valence-corrected chi connectivity index (χ4v) is 2.74. The van der Waals surface area contributed by atoms with Crippen molar-refractivity contribution in [3.63, 3.8) is 0 Å². The van der Waals surface area contributed by atoms with E-state index in [4.69, 9.17) is 11.6 Å². The van der Waals surface area contributed by atoms with E-state index in [9.17, 15) is 0 Å². The third-order valence-corrected chi connectivity index (χ3v) is 3.79. The largest absolute Gasteiger partial charge is 0.312 e. The molecule has 1 aromatic rings. The van der Waals surface area contributed by atoms with Crippen molar-refractivity contribution >= 4 is 35.3 Å². The van der Waals surface area contributed by atoms with Gasteiger partial charge < -0.3 is 5.32 Å². The quantitative estimate of drug-likeness (QED) is 0.886. The number of halogens is 2. The van der Waals surface area contributed by atoms with E-state index in [2.05, 4.69) is 28.6 Å². The highest BCUT2D eigenvalue weighted by atomic mass is 35.5. The molecule has 0 amide bonds. The summed E-state index contributed by atoms with van der Waals surface area (Å²) in [6.45, 7) is 6.54. The summed E-state index contributed by atoms with van der Waals surface area (Å²) in [6.07, 6.45) is 0. The first kappa shape index (κ1) is 13.3. The Hall–Kier alpha value is 0.200. The molecule has 0 aromatic carbocycles. The summed E-state index contributed by atoms with van der Waals surface area (Å²) in [7, 11) is 0. The van der Waals surface area contributed by atoms with Gasteiger partial charge in [-0.3, -0.25) is 4.90 Å². The molecule has 0 saturated carbocycles. The van der Waals surface area contributed by atoms with Crippen molar-refractivity contribution in [1.29, 1.82) is 0 Å². The zero-order valence-corrected chi connectivity index (χ0v) is 11.1. The maximum atomic E-state index is 6.07. The number of hydrogen-bond acceptors (Lipinski definition) is 3. The number of piperazine rings is 1. The van der Waals surface area contributed by atoms with Crippen LogP contribution in [0, 0.1) is 0 Å². The molecule has 1 fully saturated rings. The van der Waals surface area contributed by atoms with Gasteiger partial charge in [0.25, 0.3) is 0 Å². The average Bonchev–Trinajstić information content (AvgIpc) is 2.52. The molecule has 2 nitrogen and oxygen atoms in total. The predicted octanol–water partition coefficient (Wildman–Crippen LogP) is 2.62. The molecule has 0 spiro atoms. The van der Waals surface area contributed by atoms with Gasteiger partial charge >= 0.3 is 0 Å². The molecule has 0 bridgehead atoms. The van der Waals surface area contributed by atoms with Gasteiger partial charge in [0.15, 0.2) is 0 Å². The van der Waals surface area contributed by atoms with Gasteiger partial charge in [-0.15, -0.1) is 23.7 Å². The minimum Gasteiger partial charge on any atom is -0.312 e. The zero-order chi connectivity index (χ0) is 9.97. The lowest BCUT2D eigenvalue weighted by Gasteiger charge is -2.31. The van der Waals surface area contributed by atoms with E-state index in [0.29, 0.717) is 6.04 Å². The second-order valence-electron chi connectivity index (χ2n) is 3.81. The number of nitrogens with zero attached hydrogens (tertiary/aromatic N) is 1. The van der Waals surface area contributed by atoms with Crippen molar-refractivity contribution < 1.29 is 0 Å². The van der Waals surface area contributed by atoms with Crippen LogP contribution >= 0.6 is 35.3 Å². The Labute approximate surface area is 106 Å². The van der Waals surface area contributed by atoms with Crippen LogP contribution in [0.2, 0.25) is 4.34 Å². The molecule has 1 saturated heterocycles. The Balaban J connectivity index is 0.00000112. The second kappa shape index (κ2) is 6.06. The fraction of sp³-hybridized carbons (Fsp3) is 0.600. The second-order valence-corrected chi connectivity index (χ2v) is 5.33. The van der Waals surface area contributed by atoms with E-state index in [1.54, 1.807) is 11.3 Å². The van der Waals surface area contributed by atoms with Crippen LogP contribution in [0.3, 0.4) is 0 Å². The van der Waals surface area contributed by atoms with Crippen molar-refractivity contribution in [3.8, 4) is 0 Å². The van der Waals surface area contributed by atoms with E-state index < -0.39 is 0 Å². The number of rotatable bonds is 2. The summed E-state index contributed by atoms with van der Waals surface area (Å²) < 4.78 is 0.941. The lowest BCUT2D eigenvalue weighted by molar-refractivity contribution is 0.200. The SMILES string of the molecule is CC1CN(Cc2ccsc2Cl)CCN1.Cl. The van der Waals surface area contributed by atoms with Crippen molar-refractivity contribution in [3.05, 3.63) is 21.3 Å². The molecule has 1 N–H and O–H groups in total. The summed E-state index contributed by atoms with van der Waals surface area (Å²) in [6, 6.07) is 2.72. The zero-order valence-electron chi connectivity index (χ0n) is 8.70. The molecule has 0 radical (unpaired) electrons. The molecule has 86 valence electrons. The Kier molecular flexibility index (Phi) is 5.36. The topological polar surface area (TPSA) is 15.3 Å². The molecule has 2 heterocycles. The molecule has 0 aliphatic carbocycles. The van der Waals surface area contributed by atoms with Crippen molar-refractivity contribution in [2.75, 3.05) is 19.6 Å². The average molecular weight is 267 g/mol. The number of hydrogen-bond donors (Lipinski definition) is 1. The van der Waals surface area contributed by atoms with E-state index in [1.165, 1.54) is 5.56 Å². The maximum absolute atomic E-state index is 6.07. The van der Waals surface area contributed by atoms with Crippen LogP contribution in [0.25, 0.3) is 0 Å². The summed E-state index contributed by atoms with van der Waals surface area (Å²) in [4.78, 5) is 2.45. The molecule has 2 rings (SSSR count). The van der Waals surface area contributed by atoms with Gasteiger partial charge in [0.1, 0.15) is 0 Å². The van der Waals surface area contributed by atoms with Gasteiger partial charge in [-0.25, -0.2) is 0 Å².